The maximum atomic E-state index is 12.4. The summed E-state index contributed by atoms with van der Waals surface area (Å²) in [5.41, 5.74) is 1.21. The third-order valence-electron chi connectivity index (χ3n) is 4.43. The minimum absolute atomic E-state index is 0.0458. The van der Waals surface area contributed by atoms with E-state index in [1.165, 1.54) is 5.56 Å². The van der Waals surface area contributed by atoms with Crippen molar-refractivity contribution < 1.29 is 4.79 Å². The van der Waals surface area contributed by atoms with E-state index in [1.807, 2.05) is 37.2 Å². The van der Waals surface area contributed by atoms with E-state index in [-0.39, 0.29) is 18.1 Å². The molecule has 7 heteroatoms. The fraction of sp³-hybridized carbons (Fsp3) is 0.389. The van der Waals surface area contributed by atoms with Crippen molar-refractivity contribution in [3.63, 3.8) is 0 Å². The zero-order chi connectivity index (χ0) is 17.8. The van der Waals surface area contributed by atoms with Crippen molar-refractivity contribution in [2.24, 2.45) is 0 Å². The van der Waals surface area contributed by atoms with Crippen molar-refractivity contribution in [2.45, 2.75) is 18.5 Å². The summed E-state index contributed by atoms with van der Waals surface area (Å²) in [6, 6.07) is 12.0. The molecule has 0 bridgehead atoms. The topological polar surface area (TPSA) is 73.4 Å². The van der Waals surface area contributed by atoms with Gasteiger partial charge in [-0.05, 0) is 25.1 Å². The molecule has 0 radical (unpaired) electrons. The summed E-state index contributed by atoms with van der Waals surface area (Å²) in [6.07, 6.45) is 2.54. The molecule has 1 aliphatic rings. The molecule has 2 aromatic rings. The summed E-state index contributed by atoms with van der Waals surface area (Å²) >= 11 is 0. The highest BCUT2D eigenvalue weighted by Crippen LogP contribution is 2.30. The highest BCUT2D eigenvalue weighted by molar-refractivity contribution is 5.87. The predicted octanol–water partition coefficient (Wildman–Crippen LogP) is 2.11. The van der Waals surface area contributed by atoms with Crippen molar-refractivity contribution in [2.75, 3.05) is 37.9 Å². The van der Waals surface area contributed by atoms with Crippen LogP contribution in [-0.4, -0.2) is 54.6 Å². The van der Waals surface area contributed by atoms with Crippen LogP contribution in [-0.2, 0) is 0 Å². The predicted molar refractivity (Wildman–Crippen MR) is 98.7 cm³/mol. The smallest absolute Gasteiger partial charge is 0.321 e. The van der Waals surface area contributed by atoms with Crippen LogP contribution in [0, 0.1) is 0 Å². The Morgan fingerprint density at radius 3 is 2.72 bits per heavy atom. The molecule has 2 amide bonds. The van der Waals surface area contributed by atoms with Crippen LogP contribution in [0.1, 0.15) is 18.0 Å². The summed E-state index contributed by atoms with van der Waals surface area (Å²) in [6.45, 7) is 0.942. The van der Waals surface area contributed by atoms with E-state index in [4.69, 9.17) is 0 Å². The Morgan fingerprint density at radius 1 is 1.24 bits per heavy atom. The van der Waals surface area contributed by atoms with Gasteiger partial charge in [-0.3, -0.25) is 10.2 Å². The van der Waals surface area contributed by atoms with Crippen LogP contribution in [0.5, 0.6) is 0 Å². The van der Waals surface area contributed by atoms with Gasteiger partial charge in [-0.15, -0.1) is 0 Å². The van der Waals surface area contributed by atoms with Gasteiger partial charge in [-0.25, -0.2) is 9.78 Å². The summed E-state index contributed by atoms with van der Waals surface area (Å²) in [4.78, 5) is 24.9. The van der Waals surface area contributed by atoms with Crippen molar-refractivity contribution in [1.82, 2.24) is 20.2 Å². The van der Waals surface area contributed by atoms with Gasteiger partial charge in [-0.1, -0.05) is 30.3 Å². The number of amides is 2. The molecule has 25 heavy (non-hydrogen) atoms. The maximum absolute atomic E-state index is 12.4. The van der Waals surface area contributed by atoms with Crippen LogP contribution in [0.2, 0.25) is 0 Å². The number of anilines is 2. The van der Waals surface area contributed by atoms with Gasteiger partial charge in [-0.2, -0.15) is 4.98 Å². The Labute approximate surface area is 148 Å². The Hall–Kier alpha value is -2.67. The largest absolute Gasteiger partial charge is 0.363 e. The van der Waals surface area contributed by atoms with Crippen LogP contribution < -0.4 is 15.5 Å². The van der Waals surface area contributed by atoms with E-state index in [9.17, 15) is 4.79 Å². The first-order chi connectivity index (χ1) is 12.0. The number of nitrogens with zero attached hydrogens (tertiary/aromatic N) is 4. The number of likely N-dealkylation sites (tertiary alicyclic amines) is 1. The second kappa shape index (κ2) is 7.48. The molecule has 2 atom stereocenters. The van der Waals surface area contributed by atoms with E-state index in [2.05, 4.69) is 44.7 Å². The molecule has 1 aromatic heterocycles. The van der Waals surface area contributed by atoms with Gasteiger partial charge in [0.1, 0.15) is 5.82 Å². The number of hydrogen-bond acceptors (Lipinski definition) is 5. The lowest BCUT2D eigenvalue weighted by Gasteiger charge is -2.26. The van der Waals surface area contributed by atoms with Crippen LogP contribution in [0.25, 0.3) is 0 Å². The molecule has 1 fully saturated rings. The lowest BCUT2D eigenvalue weighted by Crippen LogP contribution is -2.41. The van der Waals surface area contributed by atoms with Gasteiger partial charge in [0.2, 0.25) is 5.95 Å². The van der Waals surface area contributed by atoms with E-state index < -0.39 is 0 Å². The van der Waals surface area contributed by atoms with Gasteiger partial charge in [0, 0.05) is 26.8 Å². The molecule has 1 saturated heterocycles. The third-order valence-corrected chi connectivity index (χ3v) is 4.43. The number of aromatic nitrogens is 2. The average molecular weight is 340 g/mol. The number of hydrogen-bond donors (Lipinski definition) is 2. The molecular weight excluding hydrogens is 316 g/mol. The molecular formula is C18H24N6O. The summed E-state index contributed by atoms with van der Waals surface area (Å²) in [5, 5.41) is 5.80. The summed E-state index contributed by atoms with van der Waals surface area (Å²) in [5.74, 6) is 1.04. The number of likely N-dealkylation sites (N-methyl/N-ethyl adjacent to an activating group) is 1. The molecule has 132 valence electrons. The Bertz CT molecular complexity index is 721. The highest BCUT2D eigenvalue weighted by Gasteiger charge is 2.33. The maximum Gasteiger partial charge on any atom is 0.321 e. The summed E-state index contributed by atoms with van der Waals surface area (Å²) < 4.78 is 0. The minimum Gasteiger partial charge on any atom is -0.363 e. The molecule has 1 aliphatic heterocycles. The number of urea groups is 1. The Morgan fingerprint density at radius 2 is 2.00 bits per heavy atom. The number of carbonyl (C=O) groups excluding carboxylic acids is 1. The number of carbonyl (C=O) groups is 1. The number of nitrogens with one attached hydrogen (secondary N) is 2. The van der Waals surface area contributed by atoms with E-state index in [0.717, 1.165) is 18.8 Å². The zero-order valence-corrected chi connectivity index (χ0v) is 14.8. The molecule has 7 nitrogen and oxygen atoms in total. The lowest BCUT2D eigenvalue weighted by molar-refractivity contribution is 0.240. The average Bonchev–Trinajstić information content (AvgIpc) is 2.96. The Balaban J connectivity index is 1.67. The normalized spacial score (nSPS) is 20.3. The van der Waals surface area contributed by atoms with Crippen molar-refractivity contribution in [1.29, 1.82) is 0 Å². The molecule has 1 aromatic carbocycles. The van der Waals surface area contributed by atoms with Gasteiger partial charge in [0.25, 0.3) is 0 Å². The van der Waals surface area contributed by atoms with Crippen molar-refractivity contribution >= 4 is 17.8 Å². The fourth-order valence-electron chi connectivity index (χ4n) is 3.20. The molecule has 0 spiro atoms. The minimum atomic E-state index is -0.280. The van der Waals surface area contributed by atoms with Crippen LogP contribution in [0.15, 0.2) is 42.6 Å². The molecule has 0 unspecified atom stereocenters. The molecule has 0 aliphatic carbocycles. The van der Waals surface area contributed by atoms with E-state index in [1.54, 1.807) is 12.3 Å². The van der Waals surface area contributed by atoms with Gasteiger partial charge < -0.3 is 10.2 Å². The number of rotatable bonds is 4. The molecule has 2 heterocycles. The van der Waals surface area contributed by atoms with Crippen LogP contribution in [0.4, 0.5) is 16.6 Å². The fourth-order valence-corrected chi connectivity index (χ4v) is 3.20. The SMILES string of the molecule is CN(C)c1ccnc(NC(=O)N[C@H]2CCN(C)[C@@H]2c2ccccc2)n1. The van der Waals surface area contributed by atoms with E-state index in [0.29, 0.717) is 5.95 Å². The number of benzene rings is 1. The standard InChI is InChI=1S/C18H24N6O/c1-23(2)15-9-11-19-17(21-15)22-18(25)20-14-10-12-24(3)16(14)13-7-5-4-6-8-13/h4-9,11,14,16H,10,12H2,1-3H3,(H2,19,20,21,22,25)/t14-,16+/m0/s1. The molecule has 2 N–H and O–H groups in total. The van der Waals surface area contributed by atoms with Crippen LogP contribution in [0.3, 0.4) is 0 Å². The Kier molecular flexibility index (Phi) is 5.14. The first kappa shape index (κ1) is 17.2. The lowest BCUT2D eigenvalue weighted by atomic mass is 10.0. The first-order valence-electron chi connectivity index (χ1n) is 8.37. The quantitative estimate of drug-likeness (QED) is 0.892. The van der Waals surface area contributed by atoms with Crippen LogP contribution >= 0.6 is 0 Å². The van der Waals surface area contributed by atoms with Crippen molar-refractivity contribution in [3.8, 4) is 0 Å². The highest BCUT2D eigenvalue weighted by atomic mass is 16.2. The van der Waals surface area contributed by atoms with E-state index >= 15 is 0 Å². The molecule has 3 rings (SSSR count). The van der Waals surface area contributed by atoms with Crippen molar-refractivity contribution in [3.05, 3.63) is 48.2 Å². The van der Waals surface area contributed by atoms with Gasteiger partial charge in [0.15, 0.2) is 0 Å². The first-order valence-corrected chi connectivity index (χ1v) is 8.37. The second-order valence-corrected chi connectivity index (χ2v) is 6.46. The van der Waals surface area contributed by atoms with Gasteiger partial charge >= 0.3 is 6.03 Å². The van der Waals surface area contributed by atoms with Gasteiger partial charge in [0.05, 0.1) is 12.1 Å². The molecule has 0 saturated carbocycles. The third kappa shape index (κ3) is 4.06. The summed E-state index contributed by atoms with van der Waals surface area (Å²) in [7, 11) is 5.87. The second-order valence-electron chi connectivity index (χ2n) is 6.46. The zero-order valence-electron chi connectivity index (χ0n) is 14.8. The monoisotopic (exact) mass is 340 g/mol.